The van der Waals surface area contributed by atoms with E-state index in [4.69, 9.17) is 9.15 Å². The van der Waals surface area contributed by atoms with E-state index in [0.29, 0.717) is 6.61 Å². The van der Waals surface area contributed by atoms with E-state index < -0.39 is 0 Å². The molecule has 0 spiro atoms. The molecule has 0 saturated heterocycles. The number of hydrogen-bond donors (Lipinski definition) is 1. The summed E-state index contributed by atoms with van der Waals surface area (Å²) >= 11 is 0. The van der Waals surface area contributed by atoms with Crippen molar-refractivity contribution in [2.45, 2.75) is 25.8 Å². The van der Waals surface area contributed by atoms with Crippen LogP contribution in [0, 0.1) is 0 Å². The highest BCUT2D eigenvalue weighted by Crippen LogP contribution is 2.25. The van der Waals surface area contributed by atoms with Gasteiger partial charge in [-0.25, -0.2) is 0 Å². The van der Waals surface area contributed by atoms with Crippen LogP contribution in [0.15, 0.2) is 41.0 Å². The molecule has 0 aliphatic heterocycles. The van der Waals surface area contributed by atoms with Gasteiger partial charge in [-0.15, -0.1) is 0 Å². The number of ether oxygens (including phenoxy) is 1. The van der Waals surface area contributed by atoms with Crippen molar-refractivity contribution in [2.24, 2.45) is 0 Å². The standard InChI is InChI=1S/C16H19NO2/c1-3-13-6-7-15(11-14(13)4-1)19-10-8-17-12-16-5-2-9-18-16/h2,5-7,9,11,17H,1,3-4,8,10,12H2. The van der Waals surface area contributed by atoms with Crippen molar-refractivity contribution >= 4 is 0 Å². The lowest BCUT2D eigenvalue weighted by molar-refractivity contribution is 0.310. The highest BCUT2D eigenvalue weighted by molar-refractivity contribution is 5.38. The first-order valence-corrected chi connectivity index (χ1v) is 6.89. The molecule has 1 aliphatic carbocycles. The fourth-order valence-corrected chi connectivity index (χ4v) is 2.50. The van der Waals surface area contributed by atoms with Gasteiger partial charge in [0.1, 0.15) is 18.1 Å². The highest BCUT2D eigenvalue weighted by Gasteiger charge is 2.10. The van der Waals surface area contributed by atoms with Gasteiger partial charge in [-0.2, -0.15) is 0 Å². The fourth-order valence-electron chi connectivity index (χ4n) is 2.50. The van der Waals surface area contributed by atoms with E-state index in [1.54, 1.807) is 6.26 Å². The molecular formula is C16H19NO2. The Balaban J connectivity index is 1.40. The predicted octanol–water partition coefficient (Wildman–Crippen LogP) is 2.94. The topological polar surface area (TPSA) is 34.4 Å². The van der Waals surface area contributed by atoms with Crippen LogP contribution in [-0.2, 0) is 19.4 Å². The normalized spacial score (nSPS) is 13.5. The van der Waals surface area contributed by atoms with Crippen molar-refractivity contribution < 1.29 is 9.15 Å². The van der Waals surface area contributed by atoms with Gasteiger partial charge in [0.05, 0.1) is 12.8 Å². The molecular weight excluding hydrogens is 238 g/mol. The summed E-state index contributed by atoms with van der Waals surface area (Å²) in [5.74, 6) is 1.94. The van der Waals surface area contributed by atoms with Crippen molar-refractivity contribution in [3.05, 3.63) is 53.5 Å². The molecule has 0 saturated carbocycles. The van der Waals surface area contributed by atoms with Gasteiger partial charge in [-0.05, 0) is 54.7 Å². The van der Waals surface area contributed by atoms with Crippen LogP contribution in [0.4, 0.5) is 0 Å². The van der Waals surface area contributed by atoms with E-state index in [2.05, 4.69) is 23.5 Å². The maximum atomic E-state index is 5.76. The summed E-state index contributed by atoms with van der Waals surface area (Å²) in [5, 5.41) is 3.29. The molecule has 3 heteroatoms. The fraction of sp³-hybridized carbons (Fsp3) is 0.375. The third-order valence-corrected chi connectivity index (χ3v) is 3.50. The second-order valence-corrected chi connectivity index (χ2v) is 4.89. The molecule has 100 valence electrons. The van der Waals surface area contributed by atoms with E-state index >= 15 is 0 Å². The molecule has 0 radical (unpaired) electrons. The highest BCUT2D eigenvalue weighted by atomic mass is 16.5. The van der Waals surface area contributed by atoms with Crippen LogP contribution in [0.25, 0.3) is 0 Å². The van der Waals surface area contributed by atoms with E-state index in [1.807, 2.05) is 12.1 Å². The number of hydrogen-bond acceptors (Lipinski definition) is 3. The summed E-state index contributed by atoms with van der Waals surface area (Å²) in [4.78, 5) is 0. The minimum atomic E-state index is 0.680. The van der Waals surface area contributed by atoms with Gasteiger partial charge in [-0.3, -0.25) is 0 Å². The van der Waals surface area contributed by atoms with Crippen LogP contribution in [0.2, 0.25) is 0 Å². The number of rotatable bonds is 6. The molecule has 0 bridgehead atoms. The average molecular weight is 257 g/mol. The molecule has 1 heterocycles. The van der Waals surface area contributed by atoms with E-state index in [9.17, 15) is 0 Å². The maximum Gasteiger partial charge on any atom is 0.119 e. The van der Waals surface area contributed by atoms with Crippen LogP contribution in [-0.4, -0.2) is 13.2 Å². The van der Waals surface area contributed by atoms with Gasteiger partial charge in [0.15, 0.2) is 0 Å². The van der Waals surface area contributed by atoms with Crippen molar-refractivity contribution in [1.82, 2.24) is 5.32 Å². The Morgan fingerprint density at radius 2 is 2.11 bits per heavy atom. The SMILES string of the molecule is c1coc(CNCCOc2ccc3c(c2)CCC3)c1. The predicted molar refractivity (Wildman–Crippen MR) is 74.4 cm³/mol. The second kappa shape index (κ2) is 5.93. The summed E-state index contributed by atoms with van der Waals surface area (Å²) in [6, 6.07) is 10.3. The molecule has 0 fully saturated rings. The minimum Gasteiger partial charge on any atom is -0.492 e. The molecule has 3 rings (SSSR count). The molecule has 2 aromatic rings. The lowest BCUT2D eigenvalue weighted by atomic mass is 10.1. The van der Waals surface area contributed by atoms with Crippen LogP contribution < -0.4 is 10.1 Å². The first-order valence-electron chi connectivity index (χ1n) is 6.89. The molecule has 1 aromatic heterocycles. The zero-order valence-corrected chi connectivity index (χ0v) is 11.0. The lowest BCUT2D eigenvalue weighted by Gasteiger charge is -2.08. The molecule has 1 N–H and O–H groups in total. The van der Waals surface area contributed by atoms with E-state index in [-0.39, 0.29) is 0 Å². The van der Waals surface area contributed by atoms with Crippen molar-refractivity contribution in [2.75, 3.05) is 13.2 Å². The third kappa shape index (κ3) is 3.18. The molecule has 0 atom stereocenters. The van der Waals surface area contributed by atoms with Gasteiger partial charge < -0.3 is 14.5 Å². The Hall–Kier alpha value is -1.74. The van der Waals surface area contributed by atoms with E-state index in [1.165, 1.54) is 30.4 Å². The summed E-state index contributed by atoms with van der Waals surface area (Å²) in [6.07, 6.45) is 5.39. The summed E-state index contributed by atoms with van der Waals surface area (Å²) < 4.78 is 11.0. The minimum absolute atomic E-state index is 0.680. The van der Waals surface area contributed by atoms with Gasteiger partial charge in [0.25, 0.3) is 0 Å². The molecule has 19 heavy (non-hydrogen) atoms. The summed E-state index contributed by atoms with van der Waals surface area (Å²) in [5.41, 5.74) is 2.95. The molecule has 1 aromatic carbocycles. The van der Waals surface area contributed by atoms with Crippen LogP contribution in [0.1, 0.15) is 23.3 Å². The number of aryl methyl sites for hydroxylation is 2. The Bertz CT molecular complexity index is 520. The first kappa shape index (κ1) is 12.3. The number of furan rings is 1. The summed E-state index contributed by atoms with van der Waals surface area (Å²) in [6.45, 7) is 2.25. The van der Waals surface area contributed by atoms with Crippen molar-refractivity contribution in [3.63, 3.8) is 0 Å². The quantitative estimate of drug-likeness (QED) is 0.808. The summed E-state index contributed by atoms with van der Waals surface area (Å²) in [7, 11) is 0. The smallest absolute Gasteiger partial charge is 0.119 e. The van der Waals surface area contributed by atoms with Crippen LogP contribution in [0.3, 0.4) is 0 Å². The van der Waals surface area contributed by atoms with Crippen molar-refractivity contribution in [1.29, 1.82) is 0 Å². The van der Waals surface area contributed by atoms with Crippen molar-refractivity contribution in [3.8, 4) is 5.75 Å². The van der Waals surface area contributed by atoms with Gasteiger partial charge in [0, 0.05) is 6.54 Å². The third-order valence-electron chi connectivity index (χ3n) is 3.50. The monoisotopic (exact) mass is 257 g/mol. The average Bonchev–Trinajstić information content (AvgIpc) is 3.08. The van der Waals surface area contributed by atoms with Crippen LogP contribution >= 0.6 is 0 Å². The number of benzene rings is 1. The first-order chi connectivity index (χ1) is 9.42. The molecule has 1 aliphatic rings. The molecule has 3 nitrogen and oxygen atoms in total. The number of fused-ring (bicyclic) bond motifs is 1. The largest absolute Gasteiger partial charge is 0.492 e. The number of nitrogens with one attached hydrogen (secondary N) is 1. The molecule has 0 amide bonds. The van der Waals surface area contributed by atoms with E-state index in [0.717, 1.165) is 24.6 Å². The Morgan fingerprint density at radius 3 is 3.00 bits per heavy atom. The Morgan fingerprint density at radius 1 is 1.16 bits per heavy atom. The van der Waals surface area contributed by atoms with Gasteiger partial charge in [-0.1, -0.05) is 6.07 Å². The molecule has 0 unspecified atom stereocenters. The zero-order valence-electron chi connectivity index (χ0n) is 11.0. The lowest BCUT2D eigenvalue weighted by Crippen LogP contribution is -2.20. The van der Waals surface area contributed by atoms with Gasteiger partial charge in [0.2, 0.25) is 0 Å². The second-order valence-electron chi connectivity index (χ2n) is 4.89. The van der Waals surface area contributed by atoms with Crippen LogP contribution in [0.5, 0.6) is 5.75 Å². The van der Waals surface area contributed by atoms with Gasteiger partial charge >= 0.3 is 0 Å². The Kier molecular flexibility index (Phi) is 3.84. The maximum absolute atomic E-state index is 5.76. The Labute approximate surface area is 113 Å². The zero-order chi connectivity index (χ0) is 12.9.